The fourth-order valence-corrected chi connectivity index (χ4v) is 3.16. The van der Waals surface area contributed by atoms with Gasteiger partial charge >= 0.3 is 0 Å². The van der Waals surface area contributed by atoms with Crippen molar-refractivity contribution in [2.24, 2.45) is 11.8 Å². The molecule has 1 N–H and O–H groups in total. The van der Waals surface area contributed by atoms with Gasteiger partial charge in [0.2, 0.25) is 0 Å². The number of methoxy groups -OCH3 is 2. The van der Waals surface area contributed by atoms with Crippen molar-refractivity contribution in [3.63, 3.8) is 0 Å². The molecule has 3 rings (SSSR count). The summed E-state index contributed by atoms with van der Waals surface area (Å²) >= 11 is 0. The Kier molecular flexibility index (Phi) is 2.39. The molecule has 23 heavy (non-hydrogen) atoms. The van der Waals surface area contributed by atoms with Crippen molar-refractivity contribution in [1.82, 2.24) is 4.90 Å². The van der Waals surface area contributed by atoms with Crippen molar-refractivity contribution in [2.75, 3.05) is 27.3 Å². The molecule has 4 nitrogen and oxygen atoms in total. The number of aliphatic hydroxyl groups is 1. The number of hydrogen-bond donors (Lipinski definition) is 1. The fourth-order valence-electron chi connectivity index (χ4n) is 3.16. The largest absolute Gasteiger partial charge is 0.493 e. The maximum absolute atomic E-state index is 11.2. The van der Waals surface area contributed by atoms with Crippen LogP contribution in [0.5, 0.6) is 11.5 Å². The Balaban J connectivity index is 2.20. The molecule has 2 heterocycles. The Labute approximate surface area is 153 Å². The van der Waals surface area contributed by atoms with Crippen LogP contribution < -0.4 is 9.47 Å². The van der Waals surface area contributed by atoms with Crippen LogP contribution in [0.15, 0.2) is 12.1 Å². The van der Waals surface area contributed by atoms with E-state index >= 15 is 0 Å². The quantitative estimate of drug-likeness (QED) is 0.922. The fraction of sp³-hybridized carbons (Fsp3) is 0.684. The first-order valence-electron chi connectivity index (χ1n) is 12.5. The zero-order chi connectivity index (χ0) is 25.4. The first-order chi connectivity index (χ1) is 14.8. The zero-order valence-electron chi connectivity index (χ0n) is 23.6. The van der Waals surface area contributed by atoms with Gasteiger partial charge in [0.05, 0.1) is 21.7 Å². The second kappa shape index (κ2) is 6.70. The van der Waals surface area contributed by atoms with E-state index in [2.05, 4.69) is 0 Å². The van der Waals surface area contributed by atoms with E-state index in [0.717, 1.165) is 6.92 Å². The summed E-state index contributed by atoms with van der Waals surface area (Å²) < 4.78 is 93.7. The Morgan fingerprint density at radius 1 is 1.52 bits per heavy atom. The van der Waals surface area contributed by atoms with Crippen LogP contribution in [-0.2, 0) is 6.42 Å². The molecular weight excluding hydrogens is 290 g/mol. The molecule has 4 unspecified atom stereocenters. The monoisotopic (exact) mass is 329 g/mol. The van der Waals surface area contributed by atoms with Crippen LogP contribution in [0.25, 0.3) is 0 Å². The Morgan fingerprint density at radius 2 is 2.26 bits per heavy atom. The number of fused-ring (bicyclic) bond motifs is 3. The maximum Gasteiger partial charge on any atom is 0.161 e. The van der Waals surface area contributed by atoms with E-state index in [1.165, 1.54) is 19.1 Å². The SMILES string of the molecule is [2H]C([2H])([2H])C([2H])(C)C([2H])([2H])C1([2H])CN2CCc3cc(OC)c(OC)cc3C2C([2H])([2H])C1([2H])O. The zero-order valence-corrected chi connectivity index (χ0v) is 13.6. The molecule has 1 saturated heterocycles. The number of piperidine rings is 1. The van der Waals surface area contributed by atoms with Gasteiger partial charge in [0, 0.05) is 31.5 Å². The van der Waals surface area contributed by atoms with Gasteiger partial charge in [0.15, 0.2) is 11.5 Å². The minimum Gasteiger partial charge on any atom is -0.493 e. The molecule has 0 spiro atoms. The van der Waals surface area contributed by atoms with Crippen molar-refractivity contribution in [2.45, 2.75) is 45.1 Å². The predicted octanol–water partition coefficient (Wildman–Crippen LogP) is 3.03. The average molecular weight is 330 g/mol. The predicted molar refractivity (Wildman–Crippen MR) is 91.1 cm³/mol. The van der Waals surface area contributed by atoms with Crippen LogP contribution >= 0.6 is 0 Å². The lowest BCUT2D eigenvalue weighted by atomic mass is 9.79. The van der Waals surface area contributed by atoms with Crippen LogP contribution in [0.4, 0.5) is 0 Å². The third-order valence-corrected chi connectivity index (χ3v) is 4.23. The summed E-state index contributed by atoms with van der Waals surface area (Å²) in [6, 6.07) is 1.99. The van der Waals surface area contributed by atoms with Gasteiger partial charge < -0.3 is 14.6 Å². The van der Waals surface area contributed by atoms with E-state index in [-0.39, 0.29) is 6.54 Å². The molecule has 0 bridgehead atoms. The highest BCUT2D eigenvalue weighted by atomic mass is 16.5. The van der Waals surface area contributed by atoms with Gasteiger partial charge in [0.1, 0.15) is 0 Å². The lowest BCUT2D eigenvalue weighted by Gasteiger charge is -2.46. The summed E-state index contributed by atoms with van der Waals surface area (Å²) in [7, 11) is 2.87. The van der Waals surface area contributed by atoms with E-state index in [1.807, 2.05) is 0 Å². The first-order valence-corrected chi connectivity index (χ1v) is 7.53. The lowest BCUT2D eigenvalue weighted by Crippen LogP contribution is -2.48. The summed E-state index contributed by atoms with van der Waals surface area (Å²) in [6.07, 6.45) is -9.23. The summed E-state index contributed by atoms with van der Waals surface area (Å²) in [4.78, 5) is 1.44. The smallest absolute Gasteiger partial charge is 0.161 e. The second-order valence-corrected chi connectivity index (χ2v) is 5.75. The molecule has 0 saturated carbocycles. The Hall–Kier alpha value is -1.26. The van der Waals surface area contributed by atoms with E-state index in [0.29, 0.717) is 29.0 Å². The maximum atomic E-state index is 11.2. The van der Waals surface area contributed by atoms with Gasteiger partial charge in [-0.25, -0.2) is 0 Å². The second-order valence-electron chi connectivity index (χ2n) is 5.75. The van der Waals surface area contributed by atoms with Crippen LogP contribution in [0.2, 0.25) is 0 Å². The summed E-state index contributed by atoms with van der Waals surface area (Å²) in [6.45, 7) is -2.89. The van der Waals surface area contributed by atoms with Gasteiger partial charge in [-0.15, -0.1) is 0 Å². The Morgan fingerprint density at radius 3 is 2.96 bits per heavy atom. The molecule has 0 amide bonds. The molecule has 4 heteroatoms. The first kappa shape index (κ1) is 8.21. The van der Waals surface area contributed by atoms with Gasteiger partial charge in [-0.1, -0.05) is 13.8 Å². The normalized spacial score (nSPS) is 46.2. The molecule has 1 fully saturated rings. The number of rotatable bonds is 4. The van der Waals surface area contributed by atoms with Crippen LogP contribution in [0.3, 0.4) is 0 Å². The van der Waals surface area contributed by atoms with E-state index in [1.54, 1.807) is 12.1 Å². The van der Waals surface area contributed by atoms with Crippen molar-refractivity contribution in [3.8, 4) is 11.5 Å². The molecule has 1 aromatic rings. The van der Waals surface area contributed by atoms with Crippen molar-refractivity contribution in [3.05, 3.63) is 23.3 Å². The third kappa shape index (κ3) is 3.20. The molecular formula is C19H29NO3. The highest BCUT2D eigenvalue weighted by Gasteiger charge is 2.38. The van der Waals surface area contributed by atoms with Gasteiger partial charge in [0.25, 0.3) is 0 Å². The van der Waals surface area contributed by atoms with E-state index in [9.17, 15) is 5.11 Å². The summed E-state index contributed by atoms with van der Waals surface area (Å²) in [5, 5.41) is 11.2. The van der Waals surface area contributed by atoms with Crippen LogP contribution in [0, 0.1) is 11.8 Å². The molecule has 0 radical (unpaired) electrons. The summed E-state index contributed by atoms with van der Waals surface area (Å²) in [5.74, 6) is -5.17. The molecule has 2 aliphatic rings. The van der Waals surface area contributed by atoms with E-state index < -0.39 is 50.1 Å². The minimum atomic E-state index is -3.40. The molecule has 0 aliphatic carbocycles. The molecule has 4 atom stereocenters. The van der Waals surface area contributed by atoms with Gasteiger partial charge in [-0.3, -0.25) is 4.90 Å². The van der Waals surface area contributed by atoms with Crippen molar-refractivity contribution >= 4 is 0 Å². The topological polar surface area (TPSA) is 41.9 Å². The van der Waals surface area contributed by atoms with Crippen LogP contribution in [0.1, 0.15) is 57.4 Å². The van der Waals surface area contributed by atoms with Gasteiger partial charge in [-0.2, -0.15) is 0 Å². The van der Waals surface area contributed by atoms with Gasteiger partial charge in [-0.05, 0) is 54.2 Å². The highest BCUT2D eigenvalue weighted by Crippen LogP contribution is 2.43. The number of benzene rings is 1. The number of hydrogen-bond acceptors (Lipinski definition) is 4. The minimum absolute atomic E-state index is 0.169. The summed E-state index contributed by atoms with van der Waals surface area (Å²) in [5.41, 5.74) is 1.10. The average Bonchev–Trinajstić information content (AvgIpc) is 2.69. The lowest BCUT2D eigenvalue weighted by molar-refractivity contribution is -0.0191. The molecule has 0 aromatic heterocycles. The van der Waals surface area contributed by atoms with Crippen molar-refractivity contribution in [1.29, 1.82) is 0 Å². The number of nitrogens with zero attached hydrogens (tertiary/aromatic N) is 1. The van der Waals surface area contributed by atoms with Crippen LogP contribution in [-0.4, -0.2) is 43.4 Å². The Bertz CT molecular complexity index is 933. The van der Waals surface area contributed by atoms with Crippen molar-refractivity contribution < 1.29 is 28.3 Å². The van der Waals surface area contributed by atoms with E-state index in [4.69, 9.17) is 23.2 Å². The molecule has 2 aliphatic heterocycles. The highest BCUT2D eigenvalue weighted by molar-refractivity contribution is 5.49. The standard InChI is InChI=1S/C19H29NO3/c1-12(2)7-14-11-20-6-5-13-8-18(22-3)19(23-4)9-15(13)16(20)10-17(14)21/h8-9,12,14,16-17,21H,5-7,10-11H2,1-4H3/i1D3,7D2,10D2,12D,14D,17D. The third-order valence-electron chi connectivity index (χ3n) is 4.23. The molecule has 128 valence electrons. The number of ether oxygens (including phenoxy) is 2. The molecule has 1 aromatic carbocycles.